The standard InChI is InChI=1S/C28H28N4O6S/c1-28(2)12-18-22(19(33)13-28)21(17-6-5-7-20(37-3)24(17)38-4)23-25(29-18)30-27(31-26(23)34)39-14-15-8-10-16(11-9-15)32(35)36/h5-11,21H,12-14H2,1-4H3,(H2,29,30,31,34). The number of methoxy groups -OCH3 is 2. The molecule has 0 saturated carbocycles. The lowest BCUT2D eigenvalue weighted by molar-refractivity contribution is -0.384. The van der Waals surface area contributed by atoms with Crippen molar-refractivity contribution in [3.63, 3.8) is 0 Å². The number of hydrogen-bond donors (Lipinski definition) is 2. The first-order valence-electron chi connectivity index (χ1n) is 12.4. The summed E-state index contributed by atoms with van der Waals surface area (Å²) in [5.74, 6) is 1.09. The summed E-state index contributed by atoms with van der Waals surface area (Å²) < 4.78 is 11.2. The van der Waals surface area contributed by atoms with Crippen LogP contribution in [0, 0.1) is 15.5 Å². The number of carbonyl (C=O) groups excluding carboxylic acids is 1. The molecule has 0 saturated heterocycles. The number of allylic oxidation sites excluding steroid dienone is 2. The number of fused-ring (bicyclic) bond motifs is 1. The van der Waals surface area contributed by atoms with Crippen molar-refractivity contribution in [2.24, 2.45) is 5.41 Å². The maximum absolute atomic E-state index is 13.6. The van der Waals surface area contributed by atoms with E-state index in [4.69, 9.17) is 14.5 Å². The van der Waals surface area contributed by atoms with Crippen LogP contribution in [0.15, 0.2) is 63.7 Å². The average molecular weight is 549 g/mol. The average Bonchev–Trinajstić information content (AvgIpc) is 2.89. The number of H-pyrrole nitrogens is 1. The highest BCUT2D eigenvalue weighted by atomic mass is 32.2. The van der Waals surface area contributed by atoms with Crippen molar-refractivity contribution in [3.05, 3.63) is 90.9 Å². The number of thioether (sulfide) groups is 1. The Balaban J connectivity index is 1.58. The number of hydrogen-bond acceptors (Lipinski definition) is 9. The van der Waals surface area contributed by atoms with Crippen LogP contribution in [0.4, 0.5) is 11.5 Å². The third-order valence-electron chi connectivity index (χ3n) is 6.97. The number of benzene rings is 2. The number of nitro benzene ring substituents is 1. The lowest BCUT2D eigenvalue weighted by Crippen LogP contribution is -2.37. The molecule has 0 fully saturated rings. The number of rotatable bonds is 7. The molecule has 1 aliphatic carbocycles. The molecule has 1 aromatic heterocycles. The molecule has 3 aromatic rings. The Hall–Kier alpha value is -4.12. The van der Waals surface area contributed by atoms with E-state index in [2.05, 4.69) is 10.3 Å². The zero-order chi connectivity index (χ0) is 27.9. The van der Waals surface area contributed by atoms with Crippen LogP contribution in [-0.4, -0.2) is 34.9 Å². The Morgan fingerprint density at radius 3 is 2.51 bits per heavy atom. The minimum absolute atomic E-state index is 0.0151. The first-order valence-corrected chi connectivity index (χ1v) is 13.3. The van der Waals surface area contributed by atoms with Crippen molar-refractivity contribution >= 4 is 29.1 Å². The predicted octanol–water partition coefficient (Wildman–Crippen LogP) is 5.19. The molecule has 0 spiro atoms. The van der Waals surface area contributed by atoms with E-state index in [0.29, 0.717) is 57.8 Å². The first-order chi connectivity index (χ1) is 18.6. The molecule has 0 radical (unpaired) electrons. The molecule has 2 N–H and O–H groups in total. The van der Waals surface area contributed by atoms with Crippen LogP contribution < -0.4 is 20.3 Å². The largest absolute Gasteiger partial charge is 0.493 e. The number of ketones is 1. The van der Waals surface area contributed by atoms with Crippen LogP contribution in [0.3, 0.4) is 0 Å². The monoisotopic (exact) mass is 548 g/mol. The number of carbonyl (C=O) groups is 1. The van der Waals surface area contributed by atoms with Gasteiger partial charge in [-0.1, -0.05) is 49.9 Å². The number of aromatic nitrogens is 2. The molecule has 2 heterocycles. The second-order valence-corrected chi connectivity index (χ2v) is 11.3. The van der Waals surface area contributed by atoms with Crippen molar-refractivity contribution < 1.29 is 19.2 Å². The van der Waals surface area contributed by atoms with Crippen molar-refractivity contribution in [2.75, 3.05) is 19.5 Å². The van der Waals surface area contributed by atoms with E-state index in [1.807, 2.05) is 26.0 Å². The van der Waals surface area contributed by atoms with Crippen LogP contribution in [0.5, 0.6) is 11.5 Å². The molecule has 1 unspecified atom stereocenters. The molecule has 11 heteroatoms. The van der Waals surface area contributed by atoms with Gasteiger partial charge in [0, 0.05) is 41.1 Å². The van der Waals surface area contributed by atoms with Crippen LogP contribution in [-0.2, 0) is 10.5 Å². The molecule has 202 valence electrons. The zero-order valence-corrected chi connectivity index (χ0v) is 22.8. The minimum atomic E-state index is -0.685. The van der Waals surface area contributed by atoms with Crippen LogP contribution in [0.2, 0.25) is 0 Å². The molecule has 0 bridgehead atoms. The summed E-state index contributed by atoms with van der Waals surface area (Å²) >= 11 is 1.31. The molecule has 39 heavy (non-hydrogen) atoms. The number of nitrogens with zero attached hydrogens (tertiary/aromatic N) is 2. The maximum atomic E-state index is 13.6. The Morgan fingerprint density at radius 2 is 1.85 bits per heavy atom. The zero-order valence-electron chi connectivity index (χ0n) is 22.0. The van der Waals surface area contributed by atoms with Gasteiger partial charge in [0.2, 0.25) is 0 Å². The van der Waals surface area contributed by atoms with Gasteiger partial charge in [-0.3, -0.25) is 19.7 Å². The second kappa shape index (κ2) is 10.2. The molecule has 1 atom stereocenters. The molecular weight excluding hydrogens is 520 g/mol. The molecule has 10 nitrogen and oxygen atoms in total. The van der Waals surface area contributed by atoms with E-state index >= 15 is 0 Å². The van der Waals surface area contributed by atoms with Crippen molar-refractivity contribution in [1.82, 2.24) is 9.97 Å². The summed E-state index contributed by atoms with van der Waals surface area (Å²) in [5, 5.41) is 14.6. The van der Waals surface area contributed by atoms with E-state index in [9.17, 15) is 19.7 Å². The van der Waals surface area contributed by atoms with E-state index in [1.54, 1.807) is 25.3 Å². The lowest BCUT2D eigenvalue weighted by Gasteiger charge is -2.38. The van der Waals surface area contributed by atoms with Crippen LogP contribution in [0.1, 0.15) is 49.3 Å². The topological polar surface area (TPSA) is 136 Å². The molecular formula is C28H28N4O6S. The Morgan fingerprint density at radius 1 is 1.10 bits per heavy atom. The fourth-order valence-electron chi connectivity index (χ4n) is 5.28. The van der Waals surface area contributed by atoms with Crippen molar-refractivity contribution in [3.8, 4) is 11.5 Å². The highest BCUT2D eigenvalue weighted by molar-refractivity contribution is 7.98. The van der Waals surface area contributed by atoms with Crippen molar-refractivity contribution in [1.29, 1.82) is 0 Å². The normalized spacial score (nSPS) is 17.6. The summed E-state index contributed by atoms with van der Waals surface area (Å²) in [7, 11) is 3.07. The van der Waals surface area contributed by atoms with Gasteiger partial charge in [-0.15, -0.1) is 0 Å². The van der Waals surface area contributed by atoms with E-state index in [0.717, 1.165) is 11.3 Å². The number of aromatic amines is 1. The quantitative estimate of drug-likeness (QED) is 0.177. The number of anilines is 1. The fraction of sp³-hybridized carbons (Fsp3) is 0.321. The van der Waals surface area contributed by atoms with Gasteiger partial charge in [-0.25, -0.2) is 4.98 Å². The number of para-hydroxylation sites is 1. The van der Waals surface area contributed by atoms with Gasteiger partial charge in [0.25, 0.3) is 11.2 Å². The molecule has 0 amide bonds. The number of nitrogens with one attached hydrogen (secondary N) is 2. The summed E-state index contributed by atoms with van der Waals surface area (Å²) in [5.41, 5.74) is 2.54. The molecule has 2 aliphatic rings. The molecule has 5 rings (SSSR count). The van der Waals surface area contributed by atoms with Gasteiger partial charge in [0.15, 0.2) is 22.4 Å². The van der Waals surface area contributed by atoms with Gasteiger partial charge >= 0.3 is 0 Å². The molecule has 2 aromatic carbocycles. The first kappa shape index (κ1) is 26.5. The minimum Gasteiger partial charge on any atom is -0.493 e. The Labute approximate surface area is 229 Å². The second-order valence-electron chi connectivity index (χ2n) is 10.3. The van der Waals surface area contributed by atoms with Gasteiger partial charge in [-0.05, 0) is 23.5 Å². The number of Topliss-reactive ketones (excluding diaryl/α,β-unsaturated/α-hetero) is 1. The fourth-order valence-corrected chi connectivity index (χ4v) is 6.09. The summed E-state index contributed by atoms with van der Waals surface area (Å²) in [6.45, 7) is 4.09. The molecule has 1 aliphatic heterocycles. The Kier molecular flexibility index (Phi) is 6.94. The van der Waals surface area contributed by atoms with E-state index in [1.165, 1.54) is 31.0 Å². The highest BCUT2D eigenvalue weighted by Gasteiger charge is 2.43. The number of non-ortho nitro benzene ring substituents is 1. The Bertz CT molecular complexity index is 1560. The van der Waals surface area contributed by atoms with Gasteiger partial charge in [0.05, 0.1) is 30.6 Å². The number of nitro groups is 1. The lowest BCUT2D eigenvalue weighted by atomic mass is 9.69. The van der Waals surface area contributed by atoms with E-state index in [-0.39, 0.29) is 22.4 Å². The van der Waals surface area contributed by atoms with Crippen molar-refractivity contribution in [2.45, 2.75) is 43.5 Å². The third-order valence-corrected chi connectivity index (χ3v) is 7.91. The van der Waals surface area contributed by atoms with Gasteiger partial charge < -0.3 is 19.8 Å². The van der Waals surface area contributed by atoms with Gasteiger partial charge in [0.1, 0.15) is 5.82 Å². The smallest absolute Gasteiger partial charge is 0.269 e. The maximum Gasteiger partial charge on any atom is 0.269 e. The van der Waals surface area contributed by atoms with Crippen LogP contribution >= 0.6 is 11.8 Å². The summed E-state index contributed by atoms with van der Waals surface area (Å²) in [6.07, 6.45) is 0.982. The summed E-state index contributed by atoms with van der Waals surface area (Å²) in [6, 6.07) is 11.7. The number of ether oxygens (including phenoxy) is 2. The third kappa shape index (κ3) is 5.01. The SMILES string of the molecule is COc1cccc(C2C3=C(CC(C)(C)CC3=O)Nc3nc(SCc4ccc([N+](=O)[O-])cc4)[nH]c(=O)c32)c1OC. The predicted molar refractivity (Wildman–Crippen MR) is 148 cm³/mol. The van der Waals surface area contributed by atoms with E-state index < -0.39 is 10.8 Å². The highest BCUT2D eigenvalue weighted by Crippen LogP contribution is 2.50. The van der Waals surface area contributed by atoms with Crippen LogP contribution in [0.25, 0.3) is 0 Å². The van der Waals surface area contributed by atoms with Gasteiger partial charge in [-0.2, -0.15) is 0 Å². The summed E-state index contributed by atoms with van der Waals surface area (Å²) in [4.78, 5) is 45.3.